The minimum atomic E-state index is -0.351. The molecule has 0 aliphatic heterocycles. The highest BCUT2D eigenvalue weighted by Gasteiger charge is 2.21. The van der Waals surface area contributed by atoms with Gasteiger partial charge in [-0.2, -0.15) is 0 Å². The second-order valence-electron chi connectivity index (χ2n) is 7.19. The van der Waals surface area contributed by atoms with Crippen molar-refractivity contribution in [3.05, 3.63) is 66.0 Å². The van der Waals surface area contributed by atoms with Crippen molar-refractivity contribution in [1.82, 2.24) is 20.2 Å². The molecule has 3 aromatic rings. The Morgan fingerprint density at radius 1 is 0.966 bits per heavy atom. The minimum Gasteiger partial charge on any atom is -0.352 e. The number of imidazole rings is 1. The molecule has 6 nitrogen and oxygen atoms in total. The molecule has 0 aliphatic carbocycles. The van der Waals surface area contributed by atoms with E-state index < -0.39 is 0 Å². The summed E-state index contributed by atoms with van der Waals surface area (Å²) in [5.41, 5.74) is 2.27. The SMILES string of the molecule is CCC(CC)NC(=O)Cn1c([C@H](C)NC(=O)c2ccccc2)nc2ccccc21. The van der Waals surface area contributed by atoms with E-state index in [4.69, 9.17) is 4.98 Å². The van der Waals surface area contributed by atoms with Gasteiger partial charge in [0.25, 0.3) is 5.91 Å². The zero-order chi connectivity index (χ0) is 20.8. The van der Waals surface area contributed by atoms with E-state index >= 15 is 0 Å². The number of nitrogens with zero attached hydrogens (tertiary/aromatic N) is 2. The average molecular weight is 393 g/mol. The standard InChI is InChI=1S/C23H28N4O2/c1-4-18(5-2)25-21(28)15-27-20-14-10-9-13-19(20)26-22(27)16(3)24-23(29)17-11-7-6-8-12-17/h6-14,16,18H,4-5,15H2,1-3H3,(H,24,29)(H,25,28)/t16-/m0/s1. The van der Waals surface area contributed by atoms with Gasteiger partial charge in [-0.05, 0) is 44.0 Å². The van der Waals surface area contributed by atoms with Crippen LogP contribution < -0.4 is 10.6 Å². The van der Waals surface area contributed by atoms with Crippen LogP contribution in [0.2, 0.25) is 0 Å². The second-order valence-corrected chi connectivity index (χ2v) is 7.19. The Kier molecular flexibility index (Phi) is 6.65. The summed E-state index contributed by atoms with van der Waals surface area (Å²) in [6.07, 6.45) is 1.78. The number of para-hydroxylation sites is 2. The van der Waals surface area contributed by atoms with Crippen LogP contribution in [0.4, 0.5) is 0 Å². The molecule has 0 spiro atoms. The van der Waals surface area contributed by atoms with Gasteiger partial charge < -0.3 is 15.2 Å². The van der Waals surface area contributed by atoms with Crippen LogP contribution >= 0.6 is 0 Å². The fourth-order valence-corrected chi connectivity index (χ4v) is 3.43. The smallest absolute Gasteiger partial charge is 0.251 e. The predicted molar refractivity (Wildman–Crippen MR) is 115 cm³/mol. The Hall–Kier alpha value is -3.15. The van der Waals surface area contributed by atoms with Crippen LogP contribution in [0.3, 0.4) is 0 Å². The summed E-state index contributed by atoms with van der Waals surface area (Å²) in [5, 5.41) is 6.07. The number of fused-ring (bicyclic) bond motifs is 1. The summed E-state index contributed by atoms with van der Waals surface area (Å²) in [6.45, 7) is 6.18. The van der Waals surface area contributed by atoms with E-state index in [0.717, 1.165) is 23.9 Å². The molecule has 0 unspecified atom stereocenters. The molecular formula is C23H28N4O2. The fraction of sp³-hybridized carbons (Fsp3) is 0.348. The summed E-state index contributed by atoms with van der Waals surface area (Å²) in [7, 11) is 0. The highest BCUT2D eigenvalue weighted by molar-refractivity contribution is 5.94. The van der Waals surface area contributed by atoms with Gasteiger partial charge in [-0.3, -0.25) is 9.59 Å². The normalized spacial score (nSPS) is 12.1. The largest absolute Gasteiger partial charge is 0.352 e. The summed E-state index contributed by atoms with van der Waals surface area (Å²) >= 11 is 0. The Balaban J connectivity index is 1.86. The molecule has 1 heterocycles. The molecule has 1 aromatic heterocycles. The lowest BCUT2D eigenvalue weighted by Crippen LogP contribution is -2.37. The van der Waals surface area contributed by atoms with Crippen LogP contribution in [-0.2, 0) is 11.3 Å². The van der Waals surface area contributed by atoms with Crippen LogP contribution in [0, 0.1) is 0 Å². The molecule has 29 heavy (non-hydrogen) atoms. The summed E-state index contributed by atoms with van der Waals surface area (Å²) in [4.78, 5) is 29.9. The molecule has 1 atom stereocenters. The van der Waals surface area contributed by atoms with Gasteiger partial charge in [0.05, 0.1) is 17.1 Å². The van der Waals surface area contributed by atoms with Crippen molar-refractivity contribution in [2.75, 3.05) is 0 Å². The van der Waals surface area contributed by atoms with E-state index in [1.54, 1.807) is 12.1 Å². The minimum absolute atomic E-state index is 0.0512. The quantitative estimate of drug-likeness (QED) is 0.612. The maximum atomic E-state index is 12.7. The molecule has 0 saturated carbocycles. The fourth-order valence-electron chi connectivity index (χ4n) is 3.43. The lowest BCUT2D eigenvalue weighted by atomic mass is 10.2. The third kappa shape index (κ3) is 4.83. The van der Waals surface area contributed by atoms with E-state index in [1.165, 1.54) is 0 Å². The number of carbonyl (C=O) groups excluding carboxylic acids is 2. The predicted octanol–water partition coefficient (Wildman–Crippen LogP) is 3.83. The van der Waals surface area contributed by atoms with E-state index in [0.29, 0.717) is 11.4 Å². The number of aromatic nitrogens is 2. The highest BCUT2D eigenvalue weighted by Crippen LogP contribution is 2.21. The molecule has 2 aromatic carbocycles. The average Bonchev–Trinajstić information content (AvgIpc) is 3.11. The summed E-state index contributed by atoms with van der Waals surface area (Å²) in [6, 6.07) is 16.6. The number of hydrogen-bond donors (Lipinski definition) is 2. The molecule has 3 rings (SSSR count). The lowest BCUT2D eigenvalue weighted by Gasteiger charge is -2.18. The van der Waals surface area contributed by atoms with Crippen LogP contribution in [0.25, 0.3) is 11.0 Å². The van der Waals surface area contributed by atoms with Gasteiger partial charge in [0.1, 0.15) is 12.4 Å². The van der Waals surface area contributed by atoms with Crippen LogP contribution in [0.15, 0.2) is 54.6 Å². The molecule has 0 bridgehead atoms. The molecule has 0 fully saturated rings. The van der Waals surface area contributed by atoms with Gasteiger partial charge in [-0.15, -0.1) is 0 Å². The van der Waals surface area contributed by atoms with Gasteiger partial charge in [-0.1, -0.05) is 44.2 Å². The van der Waals surface area contributed by atoms with Gasteiger partial charge in [0.2, 0.25) is 5.91 Å². The topological polar surface area (TPSA) is 76.0 Å². The van der Waals surface area contributed by atoms with Crippen molar-refractivity contribution < 1.29 is 9.59 Å². The van der Waals surface area contributed by atoms with Crippen LogP contribution in [0.1, 0.15) is 55.8 Å². The number of hydrogen-bond acceptors (Lipinski definition) is 3. The molecular weight excluding hydrogens is 364 g/mol. The first-order chi connectivity index (χ1) is 14.0. The van der Waals surface area contributed by atoms with Gasteiger partial charge in [0, 0.05) is 11.6 Å². The maximum absolute atomic E-state index is 12.7. The Labute approximate surface area is 171 Å². The van der Waals surface area contributed by atoms with Crippen molar-refractivity contribution >= 4 is 22.8 Å². The van der Waals surface area contributed by atoms with E-state index in [2.05, 4.69) is 24.5 Å². The van der Waals surface area contributed by atoms with Crippen molar-refractivity contribution in [2.24, 2.45) is 0 Å². The number of carbonyl (C=O) groups is 2. The third-order valence-electron chi connectivity index (χ3n) is 5.11. The highest BCUT2D eigenvalue weighted by atomic mass is 16.2. The van der Waals surface area contributed by atoms with E-state index in [9.17, 15) is 9.59 Å². The van der Waals surface area contributed by atoms with Crippen LogP contribution in [-0.4, -0.2) is 27.4 Å². The Morgan fingerprint density at radius 2 is 1.62 bits per heavy atom. The number of amides is 2. The Bertz CT molecular complexity index is 977. The van der Waals surface area contributed by atoms with Crippen molar-refractivity contribution in [3.8, 4) is 0 Å². The summed E-state index contributed by atoms with van der Waals surface area (Å²) < 4.78 is 1.89. The second kappa shape index (κ2) is 9.37. The van der Waals surface area contributed by atoms with E-state index in [-0.39, 0.29) is 30.4 Å². The van der Waals surface area contributed by atoms with E-state index in [1.807, 2.05) is 54.0 Å². The Morgan fingerprint density at radius 3 is 2.31 bits per heavy atom. The van der Waals surface area contributed by atoms with Crippen LogP contribution in [0.5, 0.6) is 0 Å². The zero-order valence-corrected chi connectivity index (χ0v) is 17.2. The van der Waals surface area contributed by atoms with Crippen molar-refractivity contribution in [1.29, 1.82) is 0 Å². The summed E-state index contributed by atoms with van der Waals surface area (Å²) in [5.74, 6) is 0.443. The van der Waals surface area contributed by atoms with Gasteiger partial charge in [-0.25, -0.2) is 4.98 Å². The molecule has 0 saturated heterocycles. The van der Waals surface area contributed by atoms with Gasteiger partial charge in [0.15, 0.2) is 0 Å². The molecule has 6 heteroatoms. The molecule has 0 aliphatic rings. The van der Waals surface area contributed by atoms with Gasteiger partial charge >= 0.3 is 0 Å². The number of nitrogens with one attached hydrogen (secondary N) is 2. The molecule has 0 radical (unpaired) electrons. The molecule has 2 amide bonds. The lowest BCUT2D eigenvalue weighted by molar-refractivity contribution is -0.122. The maximum Gasteiger partial charge on any atom is 0.251 e. The first kappa shape index (κ1) is 20.6. The molecule has 2 N–H and O–H groups in total. The first-order valence-corrected chi connectivity index (χ1v) is 10.1. The number of rotatable bonds is 8. The van der Waals surface area contributed by atoms with Crippen molar-refractivity contribution in [3.63, 3.8) is 0 Å². The monoisotopic (exact) mass is 392 g/mol. The zero-order valence-electron chi connectivity index (χ0n) is 17.2. The number of benzene rings is 2. The molecule has 152 valence electrons. The van der Waals surface area contributed by atoms with Crippen molar-refractivity contribution in [2.45, 2.75) is 52.2 Å². The third-order valence-corrected chi connectivity index (χ3v) is 5.11. The first-order valence-electron chi connectivity index (χ1n) is 10.1.